The summed E-state index contributed by atoms with van der Waals surface area (Å²) in [7, 11) is 0. The van der Waals surface area contributed by atoms with Gasteiger partial charge in [0.1, 0.15) is 29.7 Å². The highest BCUT2D eigenvalue weighted by atomic mass is 16.5. The maximum absolute atomic E-state index is 10.1. The van der Waals surface area contributed by atoms with Gasteiger partial charge in [-0.05, 0) is 47.9 Å². The number of hydrogen-bond donors (Lipinski definition) is 3. The first-order chi connectivity index (χ1) is 16.0. The monoisotopic (exact) mass is 442 g/mol. The zero-order valence-electron chi connectivity index (χ0n) is 18.4. The Morgan fingerprint density at radius 1 is 0.879 bits per heavy atom. The van der Waals surface area contributed by atoms with E-state index in [0.29, 0.717) is 37.0 Å². The van der Waals surface area contributed by atoms with Gasteiger partial charge in [0.25, 0.3) is 0 Å². The molecule has 0 atom stereocenters. The van der Waals surface area contributed by atoms with Crippen molar-refractivity contribution in [2.45, 2.75) is 20.0 Å². The van der Waals surface area contributed by atoms with E-state index in [1.165, 1.54) is 0 Å². The average Bonchev–Trinajstić information content (AvgIpc) is 2.80. The zero-order valence-corrected chi connectivity index (χ0v) is 18.4. The number of phenols is 1. The van der Waals surface area contributed by atoms with Gasteiger partial charge in [0, 0.05) is 18.2 Å². The number of nitrogens with two attached hydrogens (primary N) is 2. The van der Waals surface area contributed by atoms with E-state index < -0.39 is 0 Å². The lowest BCUT2D eigenvalue weighted by Crippen LogP contribution is -2.05. The molecule has 0 amide bonds. The topological polar surface area (TPSA) is 117 Å². The van der Waals surface area contributed by atoms with Crippen molar-refractivity contribution in [3.8, 4) is 28.4 Å². The van der Waals surface area contributed by atoms with Crippen LogP contribution < -0.4 is 20.9 Å². The van der Waals surface area contributed by atoms with E-state index in [1.807, 2.05) is 55.5 Å². The minimum atomic E-state index is 0.136. The van der Waals surface area contributed by atoms with Gasteiger partial charge in [-0.2, -0.15) is 4.98 Å². The number of phenolic OH excluding ortho intramolecular Hbond substituents is 1. The van der Waals surface area contributed by atoms with Crippen LogP contribution in [0.25, 0.3) is 11.1 Å². The molecule has 0 spiro atoms. The summed E-state index contributed by atoms with van der Waals surface area (Å²) in [5.74, 6) is 1.93. The minimum Gasteiger partial charge on any atom is -0.508 e. The minimum absolute atomic E-state index is 0.136. The number of nitrogens with zero attached hydrogens (tertiary/aromatic N) is 2. The fourth-order valence-corrected chi connectivity index (χ4v) is 3.60. The van der Waals surface area contributed by atoms with E-state index in [9.17, 15) is 5.11 Å². The van der Waals surface area contributed by atoms with Crippen LogP contribution in [0.4, 0.5) is 11.8 Å². The van der Waals surface area contributed by atoms with Crippen LogP contribution in [0.1, 0.15) is 23.6 Å². The maximum Gasteiger partial charge on any atom is 0.221 e. The maximum atomic E-state index is 10.1. The molecule has 0 aliphatic rings. The number of aromatic hydroxyl groups is 1. The Morgan fingerprint density at radius 2 is 1.64 bits per heavy atom. The van der Waals surface area contributed by atoms with Crippen molar-refractivity contribution >= 4 is 11.8 Å². The standard InChI is InChI=1S/C26H26N4O3/c1-2-32-22-12-18(11-20-15-29-26(28)30-25(20)27)13-23(33-16-17-7-4-3-5-8-17)24(22)19-9-6-10-21(31)14-19/h3-10,12-15,31H,2,11,16H2,1H3,(H4,27,28,29,30). The van der Waals surface area contributed by atoms with Crippen molar-refractivity contribution in [2.75, 3.05) is 18.1 Å². The molecule has 0 unspecified atom stereocenters. The summed E-state index contributed by atoms with van der Waals surface area (Å²) in [5.41, 5.74) is 16.0. The van der Waals surface area contributed by atoms with Crippen molar-refractivity contribution < 1.29 is 14.6 Å². The third-order valence-electron chi connectivity index (χ3n) is 5.11. The Labute approximate surface area is 192 Å². The first-order valence-corrected chi connectivity index (χ1v) is 10.7. The van der Waals surface area contributed by atoms with Crippen LogP contribution in [0.2, 0.25) is 0 Å². The largest absolute Gasteiger partial charge is 0.508 e. The van der Waals surface area contributed by atoms with E-state index in [1.54, 1.807) is 24.4 Å². The second-order valence-corrected chi connectivity index (χ2v) is 7.54. The first-order valence-electron chi connectivity index (χ1n) is 10.7. The number of hydrogen-bond acceptors (Lipinski definition) is 7. The second kappa shape index (κ2) is 9.91. The fourth-order valence-electron chi connectivity index (χ4n) is 3.60. The molecular formula is C26H26N4O3. The van der Waals surface area contributed by atoms with Crippen molar-refractivity contribution in [1.82, 2.24) is 9.97 Å². The number of benzene rings is 3. The average molecular weight is 443 g/mol. The molecule has 5 N–H and O–H groups in total. The molecule has 0 radical (unpaired) electrons. The molecule has 7 nitrogen and oxygen atoms in total. The Kier molecular flexibility index (Phi) is 6.59. The Balaban J connectivity index is 1.79. The predicted octanol–water partition coefficient (Wildman–Crippen LogP) is 4.58. The van der Waals surface area contributed by atoms with Crippen molar-refractivity contribution in [3.63, 3.8) is 0 Å². The molecular weight excluding hydrogens is 416 g/mol. The highest BCUT2D eigenvalue weighted by Crippen LogP contribution is 2.41. The molecule has 4 aromatic rings. The normalized spacial score (nSPS) is 10.7. The van der Waals surface area contributed by atoms with Gasteiger partial charge in [-0.1, -0.05) is 42.5 Å². The van der Waals surface area contributed by atoms with Crippen LogP contribution >= 0.6 is 0 Å². The van der Waals surface area contributed by atoms with Crippen LogP contribution in [0.15, 0.2) is 72.9 Å². The number of aromatic nitrogens is 2. The molecule has 3 aromatic carbocycles. The first kappa shape index (κ1) is 22.0. The highest BCUT2D eigenvalue weighted by molar-refractivity contribution is 5.78. The second-order valence-electron chi connectivity index (χ2n) is 7.54. The molecule has 0 bridgehead atoms. The van der Waals surface area contributed by atoms with E-state index in [2.05, 4.69) is 9.97 Å². The zero-order chi connectivity index (χ0) is 23.2. The lowest BCUT2D eigenvalue weighted by molar-refractivity contribution is 0.301. The molecule has 0 fully saturated rings. The number of rotatable bonds is 8. The number of anilines is 2. The predicted molar refractivity (Wildman–Crippen MR) is 129 cm³/mol. The third-order valence-corrected chi connectivity index (χ3v) is 5.11. The smallest absolute Gasteiger partial charge is 0.221 e. The van der Waals surface area contributed by atoms with Gasteiger partial charge in [-0.15, -0.1) is 0 Å². The molecule has 0 aliphatic carbocycles. The van der Waals surface area contributed by atoms with Crippen LogP contribution in [0.5, 0.6) is 17.2 Å². The SMILES string of the molecule is CCOc1cc(Cc2cnc(N)nc2N)cc(OCc2ccccc2)c1-c1cccc(O)c1. The Bertz CT molecular complexity index is 1250. The molecule has 0 aliphatic heterocycles. The molecule has 7 heteroatoms. The van der Waals surface area contributed by atoms with Crippen LogP contribution in [0.3, 0.4) is 0 Å². The lowest BCUT2D eigenvalue weighted by Gasteiger charge is -2.19. The van der Waals surface area contributed by atoms with Crippen LogP contribution in [-0.2, 0) is 13.0 Å². The summed E-state index contributed by atoms with van der Waals surface area (Å²) in [6, 6.07) is 20.9. The van der Waals surface area contributed by atoms with Gasteiger partial charge in [-0.25, -0.2) is 4.98 Å². The molecule has 1 aromatic heterocycles. The molecule has 33 heavy (non-hydrogen) atoms. The van der Waals surface area contributed by atoms with Gasteiger partial charge in [-0.3, -0.25) is 0 Å². The van der Waals surface area contributed by atoms with E-state index in [4.69, 9.17) is 20.9 Å². The summed E-state index contributed by atoms with van der Waals surface area (Å²) < 4.78 is 12.3. The van der Waals surface area contributed by atoms with Crippen LogP contribution in [0, 0.1) is 0 Å². The molecule has 0 saturated heterocycles. The molecule has 168 valence electrons. The van der Waals surface area contributed by atoms with Crippen molar-refractivity contribution in [2.24, 2.45) is 0 Å². The Morgan fingerprint density at radius 3 is 2.33 bits per heavy atom. The van der Waals surface area contributed by atoms with Gasteiger partial charge >= 0.3 is 0 Å². The number of nitrogen functional groups attached to an aromatic ring is 2. The van der Waals surface area contributed by atoms with Crippen LogP contribution in [-0.4, -0.2) is 21.7 Å². The van der Waals surface area contributed by atoms with Gasteiger partial charge in [0.2, 0.25) is 5.95 Å². The van der Waals surface area contributed by atoms with Crippen molar-refractivity contribution in [3.05, 3.63) is 89.6 Å². The quantitative estimate of drug-likeness (QED) is 0.366. The molecule has 4 rings (SSSR count). The Hall–Kier alpha value is -4.26. The summed E-state index contributed by atoms with van der Waals surface area (Å²) in [5, 5.41) is 10.1. The fraction of sp³-hybridized carbons (Fsp3) is 0.154. The van der Waals surface area contributed by atoms with Gasteiger partial charge in [0.05, 0.1) is 12.2 Å². The van der Waals surface area contributed by atoms with Gasteiger partial charge < -0.3 is 26.0 Å². The number of ether oxygens (including phenoxy) is 2. The van der Waals surface area contributed by atoms with E-state index >= 15 is 0 Å². The third kappa shape index (κ3) is 5.33. The molecule has 0 saturated carbocycles. The van der Waals surface area contributed by atoms with E-state index in [0.717, 1.165) is 27.8 Å². The summed E-state index contributed by atoms with van der Waals surface area (Å²) in [6.45, 7) is 2.78. The van der Waals surface area contributed by atoms with Crippen molar-refractivity contribution in [1.29, 1.82) is 0 Å². The van der Waals surface area contributed by atoms with Gasteiger partial charge in [0.15, 0.2) is 0 Å². The van der Waals surface area contributed by atoms with E-state index in [-0.39, 0.29) is 11.7 Å². The summed E-state index contributed by atoms with van der Waals surface area (Å²) >= 11 is 0. The lowest BCUT2D eigenvalue weighted by atomic mass is 9.98. The highest BCUT2D eigenvalue weighted by Gasteiger charge is 2.18. The molecule has 1 heterocycles. The summed E-state index contributed by atoms with van der Waals surface area (Å²) in [4.78, 5) is 8.12. The summed E-state index contributed by atoms with van der Waals surface area (Å²) in [6.07, 6.45) is 2.11.